The topological polar surface area (TPSA) is 64.4 Å². The molecule has 72 valence electrons. The summed E-state index contributed by atoms with van der Waals surface area (Å²) >= 11 is 0. The molecule has 0 rings (SSSR count). The zero-order valence-corrected chi connectivity index (χ0v) is 7.80. The first kappa shape index (κ1) is 11.4. The molecule has 4 nitrogen and oxygen atoms in total. The van der Waals surface area contributed by atoms with Gasteiger partial charge in [-0.2, -0.15) is 0 Å². The SMILES string of the molecule is CCNC(=O)C(N)CCCOC. The molecule has 4 heteroatoms. The van der Waals surface area contributed by atoms with E-state index >= 15 is 0 Å². The molecular formula is C8H18N2O2. The van der Waals surface area contributed by atoms with Crippen molar-refractivity contribution in [1.82, 2.24) is 5.32 Å². The lowest BCUT2D eigenvalue weighted by Gasteiger charge is -2.10. The molecule has 3 N–H and O–H groups in total. The van der Waals surface area contributed by atoms with Gasteiger partial charge in [-0.25, -0.2) is 0 Å². The quantitative estimate of drug-likeness (QED) is 0.552. The first-order valence-electron chi connectivity index (χ1n) is 4.24. The number of carbonyl (C=O) groups excluding carboxylic acids is 1. The summed E-state index contributed by atoms with van der Waals surface area (Å²) in [5.41, 5.74) is 5.58. The molecule has 0 aromatic heterocycles. The van der Waals surface area contributed by atoms with Crippen LogP contribution in [0.3, 0.4) is 0 Å². The van der Waals surface area contributed by atoms with Crippen molar-refractivity contribution >= 4 is 5.91 Å². The molecule has 0 aliphatic rings. The van der Waals surface area contributed by atoms with E-state index in [1.54, 1.807) is 7.11 Å². The van der Waals surface area contributed by atoms with Gasteiger partial charge in [0.2, 0.25) is 5.91 Å². The molecule has 0 saturated heterocycles. The highest BCUT2D eigenvalue weighted by atomic mass is 16.5. The Bertz CT molecular complexity index is 128. The fourth-order valence-electron chi connectivity index (χ4n) is 0.884. The summed E-state index contributed by atoms with van der Waals surface area (Å²) in [5, 5.41) is 2.67. The number of hydrogen-bond acceptors (Lipinski definition) is 3. The van der Waals surface area contributed by atoms with Crippen LogP contribution in [0, 0.1) is 0 Å². The van der Waals surface area contributed by atoms with Crippen LogP contribution in [0.25, 0.3) is 0 Å². The number of amides is 1. The summed E-state index contributed by atoms with van der Waals surface area (Å²) in [4.78, 5) is 11.1. The van der Waals surface area contributed by atoms with Crippen LogP contribution in [0.4, 0.5) is 0 Å². The molecule has 1 amide bonds. The predicted octanol–water partition coefficient (Wildman–Crippen LogP) is -0.124. The van der Waals surface area contributed by atoms with Crippen molar-refractivity contribution in [2.24, 2.45) is 5.73 Å². The van der Waals surface area contributed by atoms with E-state index in [0.717, 1.165) is 6.42 Å². The van der Waals surface area contributed by atoms with Gasteiger partial charge in [0.25, 0.3) is 0 Å². The van der Waals surface area contributed by atoms with Gasteiger partial charge in [-0.15, -0.1) is 0 Å². The summed E-state index contributed by atoms with van der Waals surface area (Å²) in [6.45, 7) is 3.17. The third-order valence-electron chi connectivity index (χ3n) is 1.55. The van der Waals surface area contributed by atoms with E-state index in [0.29, 0.717) is 19.6 Å². The maximum absolute atomic E-state index is 11.1. The van der Waals surface area contributed by atoms with Crippen LogP contribution in [0.5, 0.6) is 0 Å². The van der Waals surface area contributed by atoms with E-state index in [-0.39, 0.29) is 11.9 Å². The summed E-state index contributed by atoms with van der Waals surface area (Å²) in [6, 6.07) is -0.389. The number of nitrogens with two attached hydrogens (primary N) is 1. The Labute approximate surface area is 73.5 Å². The number of hydrogen-bond donors (Lipinski definition) is 2. The van der Waals surface area contributed by atoms with Crippen molar-refractivity contribution in [3.63, 3.8) is 0 Å². The minimum Gasteiger partial charge on any atom is -0.385 e. The summed E-state index contributed by atoms with van der Waals surface area (Å²) < 4.78 is 4.84. The second kappa shape index (κ2) is 7.06. The van der Waals surface area contributed by atoms with Gasteiger partial charge in [0.05, 0.1) is 6.04 Å². The van der Waals surface area contributed by atoms with Crippen LogP contribution < -0.4 is 11.1 Å². The maximum Gasteiger partial charge on any atom is 0.236 e. The molecule has 1 atom stereocenters. The van der Waals surface area contributed by atoms with Gasteiger partial charge in [-0.1, -0.05) is 0 Å². The number of ether oxygens (including phenoxy) is 1. The van der Waals surface area contributed by atoms with Crippen molar-refractivity contribution in [2.75, 3.05) is 20.3 Å². The fourth-order valence-corrected chi connectivity index (χ4v) is 0.884. The third kappa shape index (κ3) is 5.09. The molecule has 0 heterocycles. The molecule has 12 heavy (non-hydrogen) atoms. The Morgan fingerprint density at radius 3 is 2.83 bits per heavy atom. The summed E-state index contributed by atoms with van der Waals surface area (Å²) in [7, 11) is 1.64. The van der Waals surface area contributed by atoms with E-state index in [2.05, 4.69) is 5.32 Å². The van der Waals surface area contributed by atoms with Crippen molar-refractivity contribution in [2.45, 2.75) is 25.8 Å². The second-order valence-electron chi connectivity index (χ2n) is 2.64. The van der Waals surface area contributed by atoms with Crippen LogP contribution >= 0.6 is 0 Å². The average molecular weight is 174 g/mol. The van der Waals surface area contributed by atoms with Crippen molar-refractivity contribution in [3.05, 3.63) is 0 Å². The number of rotatable bonds is 6. The lowest BCUT2D eigenvalue weighted by atomic mass is 10.1. The summed E-state index contributed by atoms with van der Waals surface area (Å²) in [6.07, 6.45) is 1.51. The Morgan fingerprint density at radius 1 is 1.67 bits per heavy atom. The van der Waals surface area contributed by atoms with Gasteiger partial charge in [0.1, 0.15) is 0 Å². The molecule has 0 bridgehead atoms. The third-order valence-corrected chi connectivity index (χ3v) is 1.55. The van der Waals surface area contributed by atoms with E-state index in [1.165, 1.54) is 0 Å². The highest BCUT2D eigenvalue weighted by molar-refractivity contribution is 5.81. The highest BCUT2D eigenvalue weighted by Gasteiger charge is 2.10. The van der Waals surface area contributed by atoms with Crippen molar-refractivity contribution in [3.8, 4) is 0 Å². The maximum atomic E-state index is 11.1. The lowest BCUT2D eigenvalue weighted by molar-refractivity contribution is -0.122. The predicted molar refractivity (Wildman–Crippen MR) is 47.8 cm³/mol. The van der Waals surface area contributed by atoms with Crippen LogP contribution in [0.1, 0.15) is 19.8 Å². The first-order chi connectivity index (χ1) is 5.72. The normalized spacial score (nSPS) is 12.6. The zero-order valence-electron chi connectivity index (χ0n) is 7.80. The molecule has 0 saturated carbocycles. The summed E-state index contributed by atoms with van der Waals surface area (Å²) in [5.74, 6) is -0.0754. The van der Waals surface area contributed by atoms with Gasteiger partial charge in [-0.3, -0.25) is 4.79 Å². The van der Waals surface area contributed by atoms with E-state index in [1.807, 2.05) is 6.92 Å². The molecule has 0 radical (unpaired) electrons. The van der Waals surface area contributed by atoms with Gasteiger partial charge in [0.15, 0.2) is 0 Å². The Morgan fingerprint density at radius 2 is 2.33 bits per heavy atom. The van der Waals surface area contributed by atoms with Gasteiger partial charge in [0, 0.05) is 20.3 Å². The minimum absolute atomic E-state index is 0.0754. The molecule has 0 spiro atoms. The molecule has 1 unspecified atom stereocenters. The van der Waals surface area contributed by atoms with E-state index < -0.39 is 0 Å². The number of nitrogens with one attached hydrogen (secondary N) is 1. The van der Waals surface area contributed by atoms with Crippen LogP contribution in [0.2, 0.25) is 0 Å². The Kier molecular flexibility index (Phi) is 6.70. The standard InChI is InChI=1S/C8H18N2O2/c1-3-10-8(11)7(9)5-4-6-12-2/h7H,3-6,9H2,1-2H3,(H,10,11). The average Bonchev–Trinajstić information content (AvgIpc) is 2.05. The smallest absolute Gasteiger partial charge is 0.236 e. The molecule has 0 aromatic rings. The van der Waals surface area contributed by atoms with Gasteiger partial charge >= 0.3 is 0 Å². The van der Waals surface area contributed by atoms with E-state index in [4.69, 9.17) is 10.5 Å². The van der Waals surface area contributed by atoms with Crippen LogP contribution in [-0.2, 0) is 9.53 Å². The molecule has 0 aliphatic heterocycles. The molecular weight excluding hydrogens is 156 g/mol. The minimum atomic E-state index is -0.389. The molecule has 0 aliphatic carbocycles. The Balaban J connectivity index is 3.42. The van der Waals surface area contributed by atoms with Crippen LogP contribution in [-0.4, -0.2) is 32.2 Å². The first-order valence-corrected chi connectivity index (χ1v) is 4.24. The molecule has 0 fully saturated rings. The monoisotopic (exact) mass is 174 g/mol. The zero-order chi connectivity index (χ0) is 9.40. The van der Waals surface area contributed by atoms with Gasteiger partial charge < -0.3 is 15.8 Å². The largest absolute Gasteiger partial charge is 0.385 e. The number of carbonyl (C=O) groups is 1. The molecule has 0 aromatic carbocycles. The van der Waals surface area contributed by atoms with Crippen molar-refractivity contribution < 1.29 is 9.53 Å². The van der Waals surface area contributed by atoms with Crippen molar-refractivity contribution in [1.29, 1.82) is 0 Å². The second-order valence-corrected chi connectivity index (χ2v) is 2.64. The fraction of sp³-hybridized carbons (Fsp3) is 0.875. The Hall–Kier alpha value is -0.610. The lowest BCUT2D eigenvalue weighted by Crippen LogP contribution is -2.40. The van der Waals surface area contributed by atoms with Crippen LogP contribution in [0.15, 0.2) is 0 Å². The van der Waals surface area contributed by atoms with Gasteiger partial charge in [-0.05, 0) is 19.8 Å². The number of likely N-dealkylation sites (N-methyl/N-ethyl adjacent to an activating group) is 1. The number of methoxy groups -OCH3 is 1. The van der Waals surface area contributed by atoms with E-state index in [9.17, 15) is 4.79 Å². The highest BCUT2D eigenvalue weighted by Crippen LogP contribution is 1.94.